The van der Waals surface area contributed by atoms with Crippen molar-refractivity contribution in [2.24, 2.45) is 0 Å². The second-order valence-corrected chi connectivity index (χ2v) is 8.05. The maximum absolute atomic E-state index is 12.8. The van der Waals surface area contributed by atoms with Crippen LogP contribution < -0.4 is 4.90 Å². The van der Waals surface area contributed by atoms with Crippen LogP contribution in [0.5, 0.6) is 0 Å². The van der Waals surface area contributed by atoms with E-state index in [4.69, 9.17) is 0 Å². The summed E-state index contributed by atoms with van der Waals surface area (Å²) in [6, 6.07) is 10.5. The molecular formula is C22H22F3N7. The number of hydrogen-bond acceptors (Lipinski definition) is 5. The summed E-state index contributed by atoms with van der Waals surface area (Å²) in [7, 11) is 0. The number of H-pyrrole nitrogens is 2. The third-order valence-electron chi connectivity index (χ3n) is 5.82. The largest absolute Gasteiger partial charge is 0.417 e. The van der Waals surface area contributed by atoms with E-state index < -0.39 is 11.7 Å². The van der Waals surface area contributed by atoms with Gasteiger partial charge in [0.1, 0.15) is 11.5 Å². The number of aromatic amines is 2. The zero-order chi connectivity index (χ0) is 22.3. The van der Waals surface area contributed by atoms with Crippen LogP contribution in [-0.2, 0) is 12.7 Å². The molecule has 1 aromatic carbocycles. The first-order chi connectivity index (χ1) is 15.4. The van der Waals surface area contributed by atoms with Crippen molar-refractivity contribution in [2.75, 3.05) is 24.5 Å². The quantitative estimate of drug-likeness (QED) is 0.499. The van der Waals surface area contributed by atoms with E-state index in [0.29, 0.717) is 18.9 Å². The highest BCUT2D eigenvalue weighted by Gasteiger charge is 2.32. The molecule has 1 aliphatic heterocycles. The molecular weight excluding hydrogens is 419 g/mol. The van der Waals surface area contributed by atoms with Gasteiger partial charge in [-0.05, 0) is 31.2 Å². The number of para-hydroxylation sites is 2. The zero-order valence-electron chi connectivity index (χ0n) is 17.4. The van der Waals surface area contributed by atoms with Crippen molar-refractivity contribution in [3.8, 4) is 11.5 Å². The van der Waals surface area contributed by atoms with E-state index in [1.54, 1.807) is 0 Å². The highest BCUT2D eigenvalue weighted by Crippen LogP contribution is 2.30. The zero-order valence-corrected chi connectivity index (χ0v) is 17.4. The van der Waals surface area contributed by atoms with E-state index in [0.717, 1.165) is 53.5 Å². The van der Waals surface area contributed by atoms with Crippen LogP contribution in [0.4, 0.5) is 19.0 Å². The van der Waals surface area contributed by atoms with Crippen LogP contribution in [0.25, 0.3) is 22.6 Å². The molecule has 2 N–H and O–H groups in total. The maximum Gasteiger partial charge on any atom is 0.417 e. The van der Waals surface area contributed by atoms with Gasteiger partial charge >= 0.3 is 6.18 Å². The lowest BCUT2D eigenvalue weighted by molar-refractivity contribution is -0.137. The van der Waals surface area contributed by atoms with Crippen molar-refractivity contribution in [3.63, 3.8) is 0 Å². The maximum atomic E-state index is 12.8. The van der Waals surface area contributed by atoms with E-state index in [9.17, 15) is 13.2 Å². The summed E-state index contributed by atoms with van der Waals surface area (Å²) in [5.41, 5.74) is 3.03. The summed E-state index contributed by atoms with van der Waals surface area (Å²) in [6.45, 7) is 4.95. The summed E-state index contributed by atoms with van der Waals surface area (Å²) >= 11 is 0. The van der Waals surface area contributed by atoms with Gasteiger partial charge in [0, 0.05) is 44.0 Å². The molecule has 0 saturated carbocycles. The Hall–Kier alpha value is -3.40. The fourth-order valence-corrected chi connectivity index (χ4v) is 4.19. The lowest BCUT2D eigenvalue weighted by atomic mass is 10.1. The molecule has 0 bridgehead atoms. The molecule has 32 heavy (non-hydrogen) atoms. The van der Waals surface area contributed by atoms with E-state index in [-0.39, 0.29) is 6.04 Å². The first kappa shape index (κ1) is 20.5. The van der Waals surface area contributed by atoms with E-state index in [1.165, 1.54) is 6.07 Å². The predicted molar refractivity (Wildman–Crippen MR) is 115 cm³/mol. The Balaban J connectivity index is 1.28. The van der Waals surface area contributed by atoms with Crippen molar-refractivity contribution < 1.29 is 13.2 Å². The topological polar surface area (TPSA) is 76.7 Å². The van der Waals surface area contributed by atoms with Crippen LogP contribution in [0.1, 0.15) is 18.1 Å². The minimum absolute atomic E-state index is 0.106. The van der Waals surface area contributed by atoms with Crippen LogP contribution in [0.3, 0.4) is 0 Å². The molecule has 0 spiro atoms. The van der Waals surface area contributed by atoms with Crippen molar-refractivity contribution in [2.45, 2.75) is 25.7 Å². The molecule has 0 unspecified atom stereocenters. The Labute approximate surface area is 182 Å². The van der Waals surface area contributed by atoms with E-state index in [1.807, 2.05) is 35.4 Å². The Morgan fingerprint density at radius 2 is 1.94 bits per heavy atom. The number of nitrogens with zero attached hydrogens (tertiary/aromatic N) is 5. The number of pyridine rings is 1. The molecule has 5 rings (SSSR count). The van der Waals surface area contributed by atoms with Gasteiger partial charge in [-0.3, -0.25) is 10.00 Å². The highest BCUT2D eigenvalue weighted by molar-refractivity contribution is 5.79. The third kappa shape index (κ3) is 3.93. The summed E-state index contributed by atoms with van der Waals surface area (Å²) in [6.07, 6.45) is -1.66. The number of fused-ring (bicyclic) bond motifs is 1. The van der Waals surface area contributed by atoms with Crippen LogP contribution in [-0.4, -0.2) is 55.7 Å². The Morgan fingerprint density at radius 3 is 2.66 bits per heavy atom. The summed E-state index contributed by atoms with van der Waals surface area (Å²) < 4.78 is 38.4. The van der Waals surface area contributed by atoms with Gasteiger partial charge in [-0.15, -0.1) is 0 Å². The molecule has 7 nitrogen and oxygen atoms in total. The lowest BCUT2D eigenvalue weighted by Gasteiger charge is -2.40. The van der Waals surface area contributed by atoms with Crippen LogP contribution in [0.2, 0.25) is 0 Å². The molecule has 3 aromatic heterocycles. The number of piperazine rings is 1. The van der Waals surface area contributed by atoms with Crippen molar-refractivity contribution in [1.29, 1.82) is 0 Å². The first-order valence-electron chi connectivity index (χ1n) is 10.4. The number of aromatic nitrogens is 5. The molecule has 4 heterocycles. The number of anilines is 1. The van der Waals surface area contributed by atoms with Gasteiger partial charge in [0.25, 0.3) is 0 Å². The number of halogens is 3. The van der Waals surface area contributed by atoms with Gasteiger partial charge < -0.3 is 9.88 Å². The SMILES string of the molecule is C[C@@H]1CN(Cc2cn[nH]c2-c2nc3ccccc3[nH]2)CCN1c1ccc(C(F)(F)F)cn1. The standard InChI is InChI=1S/C22H22F3N7/c1-14-12-31(8-9-32(14)19-7-6-16(11-26-19)22(23,24)25)13-15-10-27-30-20(15)21-28-17-4-2-3-5-18(17)29-21/h2-7,10-11,14H,8-9,12-13H2,1H3,(H,27,30)(H,28,29)/t14-/m1/s1. The molecule has 1 saturated heterocycles. The molecule has 0 aliphatic carbocycles. The van der Waals surface area contributed by atoms with Gasteiger partial charge in [-0.1, -0.05) is 12.1 Å². The minimum atomic E-state index is -4.38. The minimum Gasteiger partial charge on any atom is -0.351 e. The summed E-state index contributed by atoms with van der Waals surface area (Å²) in [5.74, 6) is 1.32. The van der Waals surface area contributed by atoms with Gasteiger partial charge in [0.15, 0.2) is 5.82 Å². The molecule has 1 fully saturated rings. The Bertz CT molecular complexity index is 1180. The lowest BCUT2D eigenvalue weighted by Crippen LogP contribution is -2.51. The van der Waals surface area contributed by atoms with Crippen LogP contribution >= 0.6 is 0 Å². The second-order valence-electron chi connectivity index (χ2n) is 8.05. The second kappa shape index (κ2) is 7.94. The number of imidazole rings is 1. The summed E-state index contributed by atoms with van der Waals surface area (Å²) in [4.78, 5) is 16.4. The van der Waals surface area contributed by atoms with E-state index >= 15 is 0 Å². The van der Waals surface area contributed by atoms with Gasteiger partial charge in [0.2, 0.25) is 0 Å². The van der Waals surface area contributed by atoms with Crippen molar-refractivity contribution in [3.05, 3.63) is 59.9 Å². The fourth-order valence-electron chi connectivity index (χ4n) is 4.19. The molecule has 166 valence electrons. The Kier molecular flexibility index (Phi) is 5.09. The van der Waals surface area contributed by atoms with Gasteiger partial charge in [0.05, 0.1) is 22.8 Å². The van der Waals surface area contributed by atoms with Crippen molar-refractivity contribution in [1.82, 2.24) is 30.0 Å². The average Bonchev–Trinajstić information content (AvgIpc) is 3.40. The number of nitrogens with one attached hydrogen (secondary N) is 2. The molecule has 1 atom stereocenters. The summed E-state index contributed by atoms with van der Waals surface area (Å²) in [5, 5.41) is 7.27. The number of rotatable bonds is 4. The smallest absolute Gasteiger partial charge is 0.351 e. The highest BCUT2D eigenvalue weighted by atomic mass is 19.4. The fraction of sp³-hybridized carbons (Fsp3) is 0.318. The molecule has 0 radical (unpaired) electrons. The molecule has 1 aliphatic rings. The van der Waals surface area contributed by atoms with Gasteiger partial charge in [-0.2, -0.15) is 18.3 Å². The Morgan fingerprint density at radius 1 is 1.09 bits per heavy atom. The molecule has 4 aromatic rings. The first-order valence-corrected chi connectivity index (χ1v) is 10.4. The van der Waals surface area contributed by atoms with E-state index in [2.05, 4.69) is 37.0 Å². The number of benzene rings is 1. The number of hydrogen-bond donors (Lipinski definition) is 2. The van der Waals surface area contributed by atoms with Gasteiger partial charge in [-0.25, -0.2) is 9.97 Å². The normalized spacial score (nSPS) is 17.9. The average molecular weight is 441 g/mol. The van der Waals surface area contributed by atoms with Crippen LogP contribution in [0.15, 0.2) is 48.8 Å². The number of alkyl halides is 3. The third-order valence-corrected chi connectivity index (χ3v) is 5.82. The van der Waals surface area contributed by atoms with Crippen LogP contribution in [0, 0.1) is 0 Å². The van der Waals surface area contributed by atoms with Crippen molar-refractivity contribution >= 4 is 16.9 Å². The monoisotopic (exact) mass is 441 g/mol. The molecule has 0 amide bonds. The predicted octanol–water partition coefficient (Wildman–Crippen LogP) is 4.08. The molecule has 10 heteroatoms.